The summed E-state index contributed by atoms with van der Waals surface area (Å²) in [7, 11) is 0. The number of piperidine rings is 1. The Kier molecular flexibility index (Phi) is 4.76. The summed E-state index contributed by atoms with van der Waals surface area (Å²) in [5.74, 6) is 0.422. The lowest BCUT2D eigenvalue weighted by molar-refractivity contribution is -0.384. The zero-order chi connectivity index (χ0) is 16.2. The number of rotatable bonds is 3. The molecule has 7 heteroatoms. The second-order valence-corrected chi connectivity index (χ2v) is 6.11. The van der Waals surface area contributed by atoms with Crippen LogP contribution in [0.2, 0.25) is 0 Å². The van der Waals surface area contributed by atoms with Crippen LogP contribution in [0, 0.1) is 16.0 Å². The van der Waals surface area contributed by atoms with Crippen molar-refractivity contribution in [2.24, 2.45) is 5.92 Å². The average molecular weight is 318 g/mol. The van der Waals surface area contributed by atoms with Gasteiger partial charge in [0.15, 0.2) is 0 Å². The van der Waals surface area contributed by atoms with Crippen LogP contribution in [0.25, 0.3) is 0 Å². The first-order valence-electron chi connectivity index (χ1n) is 8.14. The molecule has 0 saturated carbocycles. The lowest BCUT2D eigenvalue weighted by Crippen LogP contribution is -2.51. The Hall–Kier alpha value is -2.15. The van der Waals surface area contributed by atoms with E-state index in [9.17, 15) is 14.9 Å². The van der Waals surface area contributed by atoms with Gasteiger partial charge in [-0.3, -0.25) is 14.9 Å². The van der Waals surface area contributed by atoms with Crippen molar-refractivity contribution in [2.75, 3.05) is 44.2 Å². The summed E-state index contributed by atoms with van der Waals surface area (Å²) >= 11 is 0. The van der Waals surface area contributed by atoms with Crippen molar-refractivity contribution in [1.29, 1.82) is 0 Å². The quantitative estimate of drug-likeness (QED) is 0.670. The molecular weight excluding hydrogens is 296 g/mol. The fourth-order valence-corrected chi connectivity index (χ4v) is 3.32. The molecule has 1 amide bonds. The van der Waals surface area contributed by atoms with E-state index >= 15 is 0 Å². The van der Waals surface area contributed by atoms with Gasteiger partial charge in [0.25, 0.3) is 5.69 Å². The number of nitrogens with one attached hydrogen (secondary N) is 1. The highest BCUT2D eigenvalue weighted by Crippen LogP contribution is 2.23. The summed E-state index contributed by atoms with van der Waals surface area (Å²) in [5, 5.41) is 14.2. The van der Waals surface area contributed by atoms with Crippen molar-refractivity contribution in [1.82, 2.24) is 10.2 Å². The van der Waals surface area contributed by atoms with Gasteiger partial charge < -0.3 is 15.1 Å². The summed E-state index contributed by atoms with van der Waals surface area (Å²) < 4.78 is 0. The summed E-state index contributed by atoms with van der Waals surface area (Å²) in [4.78, 5) is 27.1. The van der Waals surface area contributed by atoms with Crippen LogP contribution >= 0.6 is 0 Å². The Labute approximate surface area is 135 Å². The van der Waals surface area contributed by atoms with Gasteiger partial charge in [-0.1, -0.05) is 6.07 Å². The number of amides is 1. The largest absolute Gasteiger partial charge is 0.368 e. The van der Waals surface area contributed by atoms with Crippen LogP contribution in [-0.4, -0.2) is 55.0 Å². The highest BCUT2D eigenvalue weighted by molar-refractivity contribution is 5.79. The van der Waals surface area contributed by atoms with Gasteiger partial charge in [0.2, 0.25) is 5.91 Å². The molecule has 0 spiro atoms. The Morgan fingerprint density at radius 1 is 1.17 bits per heavy atom. The van der Waals surface area contributed by atoms with E-state index < -0.39 is 0 Å². The van der Waals surface area contributed by atoms with Crippen LogP contribution in [0.4, 0.5) is 11.4 Å². The number of hydrogen-bond donors (Lipinski definition) is 1. The van der Waals surface area contributed by atoms with Gasteiger partial charge in [-0.05, 0) is 32.0 Å². The molecule has 2 heterocycles. The third kappa shape index (κ3) is 3.61. The number of hydrogen-bond acceptors (Lipinski definition) is 5. The first-order chi connectivity index (χ1) is 11.1. The molecule has 1 aromatic carbocycles. The van der Waals surface area contributed by atoms with E-state index in [-0.39, 0.29) is 22.4 Å². The Morgan fingerprint density at radius 2 is 1.87 bits per heavy atom. The fourth-order valence-electron chi connectivity index (χ4n) is 3.32. The van der Waals surface area contributed by atoms with Crippen molar-refractivity contribution in [2.45, 2.75) is 12.8 Å². The molecule has 7 nitrogen and oxygen atoms in total. The number of anilines is 1. The third-order valence-corrected chi connectivity index (χ3v) is 4.69. The SMILES string of the molecule is O=C(C1CCNCC1)N1CCN(c2cccc([N+](=O)[O-])c2)CC1. The maximum atomic E-state index is 12.5. The van der Waals surface area contributed by atoms with E-state index in [4.69, 9.17) is 0 Å². The minimum Gasteiger partial charge on any atom is -0.368 e. The zero-order valence-corrected chi connectivity index (χ0v) is 13.1. The lowest BCUT2D eigenvalue weighted by Gasteiger charge is -2.38. The van der Waals surface area contributed by atoms with E-state index in [0.717, 1.165) is 44.7 Å². The van der Waals surface area contributed by atoms with Gasteiger partial charge in [-0.25, -0.2) is 0 Å². The molecule has 124 valence electrons. The molecule has 1 aromatic rings. The van der Waals surface area contributed by atoms with Crippen LogP contribution in [-0.2, 0) is 4.79 Å². The van der Waals surface area contributed by atoms with E-state index in [0.29, 0.717) is 13.1 Å². The van der Waals surface area contributed by atoms with Crippen LogP contribution in [0.1, 0.15) is 12.8 Å². The standard InChI is InChI=1S/C16H22N4O3/c21-16(13-4-6-17-7-5-13)19-10-8-18(9-11-19)14-2-1-3-15(12-14)20(22)23/h1-3,12-13,17H,4-11H2. The molecule has 0 radical (unpaired) electrons. The predicted molar refractivity (Wildman–Crippen MR) is 87.5 cm³/mol. The van der Waals surface area contributed by atoms with Crippen molar-refractivity contribution in [3.63, 3.8) is 0 Å². The number of nitro groups is 1. The van der Waals surface area contributed by atoms with Gasteiger partial charge in [0.1, 0.15) is 0 Å². The average Bonchev–Trinajstić information content (AvgIpc) is 2.62. The van der Waals surface area contributed by atoms with Crippen LogP contribution < -0.4 is 10.2 Å². The molecule has 0 bridgehead atoms. The van der Waals surface area contributed by atoms with Gasteiger partial charge in [-0.2, -0.15) is 0 Å². The predicted octanol–water partition coefficient (Wildman–Crippen LogP) is 1.24. The molecule has 2 aliphatic heterocycles. The summed E-state index contributed by atoms with van der Waals surface area (Å²) in [6.07, 6.45) is 1.84. The van der Waals surface area contributed by atoms with Crippen molar-refractivity contribution < 1.29 is 9.72 Å². The first kappa shape index (κ1) is 15.7. The Morgan fingerprint density at radius 3 is 2.52 bits per heavy atom. The van der Waals surface area contributed by atoms with Crippen LogP contribution in [0.5, 0.6) is 0 Å². The molecule has 0 atom stereocenters. The summed E-state index contributed by atoms with van der Waals surface area (Å²) in [6.45, 7) is 4.65. The van der Waals surface area contributed by atoms with E-state index in [1.807, 2.05) is 11.0 Å². The topological polar surface area (TPSA) is 78.7 Å². The minimum atomic E-state index is -0.375. The molecular formula is C16H22N4O3. The molecule has 0 unspecified atom stereocenters. The van der Waals surface area contributed by atoms with Crippen LogP contribution in [0.15, 0.2) is 24.3 Å². The van der Waals surface area contributed by atoms with Gasteiger partial charge in [-0.15, -0.1) is 0 Å². The number of piperazine rings is 1. The van der Waals surface area contributed by atoms with Crippen molar-refractivity contribution in [3.8, 4) is 0 Å². The Bertz CT molecular complexity index is 578. The third-order valence-electron chi connectivity index (χ3n) is 4.69. The molecule has 2 fully saturated rings. The monoisotopic (exact) mass is 318 g/mol. The number of carbonyl (C=O) groups is 1. The first-order valence-corrected chi connectivity index (χ1v) is 8.14. The van der Waals surface area contributed by atoms with Crippen LogP contribution in [0.3, 0.4) is 0 Å². The number of nitrogens with zero attached hydrogens (tertiary/aromatic N) is 3. The maximum absolute atomic E-state index is 12.5. The molecule has 23 heavy (non-hydrogen) atoms. The smallest absolute Gasteiger partial charge is 0.271 e. The number of benzene rings is 1. The normalized spacial score (nSPS) is 19.7. The minimum absolute atomic E-state index is 0.107. The van der Waals surface area contributed by atoms with Gasteiger partial charge >= 0.3 is 0 Å². The second-order valence-electron chi connectivity index (χ2n) is 6.11. The van der Waals surface area contributed by atoms with E-state index in [2.05, 4.69) is 10.2 Å². The summed E-state index contributed by atoms with van der Waals surface area (Å²) in [5.41, 5.74) is 0.962. The molecule has 3 rings (SSSR count). The van der Waals surface area contributed by atoms with Gasteiger partial charge in [0.05, 0.1) is 4.92 Å². The second kappa shape index (κ2) is 6.95. The summed E-state index contributed by atoms with van der Waals surface area (Å²) in [6, 6.07) is 6.70. The van der Waals surface area contributed by atoms with Crippen molar-refractivity contribution in [3.05, 3.63) is 34.4 Å². The molecule has 1 N–H and O–H groups in total. The zero-order valence-electron chi connectivity index (χ0n) is 13.1. The maximum Gasteiger partial charge on any atom is 0.271 e. The highest BCUT2D eigenvalue weighted by atomic mass is 16.6. The van der Waals surface area contributed by atoms with Gasteiger partial charge in [0, 0.05) is 49.9 Å². The fraction of sp³-hybridized carbons (Fsp3) is 0.562. The highest BCUT2D eigenvalue weighted by Gasteiger charge is 2.28. The Balaban J connectivity index is 1.58. The molecule has 2 aliphatic rings. The lowest BCUT2D eigenvalue weighted by atomic mass is 9.96. The van der Waals surface area contributed by atoms with Crippen molar-refractivity contribution >= 4 is 17.3 Å². The van der Waals surface area contributed by atoms with E-state index in [1.54, 1.807) is 12.1 Å². The number of carbonyl (C=O) groups excluding carboxylic acids is 1. The number of nitro benzene ring substituents is 1. The molecule has 0 aliphatic carbocycles. The molecule has 2 saturated heterocycles. The number of non-ortho nitro benzene ring substituents is 1. The molecule has 0 aromatic heterocycles. The van der Waals surface area contributed by atoms with E-state index in [1.165, 1.54) is 6.07 Å².